The van der Waals surface area contributed by atoms with Crippen LogP contribution < -0.4 is 10.2 Å². The van der Waals surface area contributed by atoms with Crippen molar-refractivity contribution >= 4 is 27.5 Å². The highest BCUT2D eigenvalue weighted by Gasteiger charge is 2.33. The quantitative estimate of drug-likeness (QED) is 0.729. The predicted octanol–water partition coefficient (Wildman–Crippen LogP) is 3.22. The van der Waals surface area contributed by atoms with Crippen molar-refractivity contribution in [2.45, 2.75) is 88.6 Å². The Morgan fingerprint density at radius 1 is 1.06 bits per heavy atom. The van der Waals surface area contributed by atoms with Crippen LogP contribution in [0.1, 0.15) is 70.8 Å². The monoisotopic (exact) mass is 461 g/mol. The molecule has 4 rings (SSSR count). The van der Waals surface area contributed by atoms with Crippen LogP contribution in [-0.4, -0.2) is 49.7 Å². The number of piperidine rings is 1. The molecule has 2 fully saturated rings. The molecule has 1 saturated heterocycles. The van der Waals surface area contributed by atoms with Crippen molar-refractivity contribution in [3.63, 3.8) is 0 Å². The minimum absolute atomic E-state index is 0.00525. The number of hydrogen-bond acceptors (Lipinski definition) is 4. The summed E-state index contributed by atoms with van der Waals surface area (Å²) in [5, 5.41) is 3.09. The molecule has 176 valence electrons. The van der Waals surface area contributed by atoms with Crippen molar-refractivity contribution in [3.05, 3.63) is 23.8 Å². The summed E-state index contributed by atoms with van der Waals surface area (Å²) >= 11 is 0. The van der Waals surface area contributed by atoms with Gasteiger partial charge in [-0.1, -0.05) is 13.3 Å². The highest BCUT2D eigenvalue weighted by molar-refractivity contribution is 7.89. The Labute approximate surface area is 191 Å². The summed E-state index contributed by atoms with van der Waals surface area (Å²) in [5.41, 5.74) is 1.47. The van der Waals surface area contributed by atoms with Crippen LogP contribution in [0.2, 0.25) is 0 Å². The van der Waals surface area contributed by atoms with Crippen LogP contribution >= 0.6 is 0 Å². The van der Waals surface area contributed by atoms with Crippen molar-refractivity contribution in [1.82, 2.24) is 9.62 Å². The molecule has 7 nitrogen and oxygen atoms in total. The van der Waals surface area contributed by atoms with E-state index in [1.807, 2.05) is 6.92 Å². The summed E-state index contributed by atoms with van der Waals surface area (Å²) in [4.78, 5) is 27.1. The maximum Gasteiger partial charge on any atom is 0.243 e. The van der Waals surface area contributed by atoms with Gasteiger partial charge in [0, 0.05) is 30.7 Å². The molecule has 0 spiro atoms. The van der Waals surface area contributed by atoms with Gasteiger partial charge in [0.15, 0.2) is 0 Å². The predicted molar refractivity (Wildman–Crippen MR) is 124 cm³/mol. The van der Waals surface area contributed by atoms with E-state index >= 15 is 0 Å². The number of benzene rings is 1. The maximum absolute atomic E-state index is 13.2. The minimum Gasteiger partial charge on any atom is -0.352 e. The molecule has 8 heteroatoms. The Bertz CT molecular complexity index is 969. The van der Waals surface area contributed by atoms with Gasteiger partial charge in [-0.15, -0.1) is 0 Å². The summed E-state index contributed by atoms with van der Waals surface area (Å²) in [7, 11) is -3.57. The van der Waals surface area contributed by atoms with Gasteiger partial charge in [-0.3, -0.25) is 9.59 Å². The third-order valence-electron chi connectivity index (χ3n) is 7.28. The van der Waals surface area contributed by atoms with Gasteiger partial charge in [-0.25, -0.2) is 8.42 Å². The fourth-order valence-electron chi connectivity index (χ4n) is 5.26. The molecule has 1 aliphatic carbocycles. The van der Waals surface area contributed by atoms with Gasteiger partial charge in [-0.2, -0.15) is 4.31 Å². The Hall–Kier alpha value is -1.93. The number of anilines is 1. The molecule has 2 aliphatic heterocycles. The number of carbonyl (C=O) groups is 2. The van der Waals surface area contributed by atoms with E-state index in [-0.39, 0.29) is 41.8 Å². The summed E-state index contributed by atoms with van der Waals surface area (Å²) in [5.74, 6) is 0.465. The van der Waals surface area contributed by atoms with Crippen LogP contribution in [0.15, 0.2) is 23.1 Å². The van der Waals surface area contributed by atoms with Crippen molar-refractivity contribution < 1.29 is 18.0 Å². The molecule has 0 radical (unpaired) electrons. The van der Waals surface area contributed by atoms with E-state index in [9.17, 15) is 18.0 Å². The number of amides is 2. The molecule has 0 aromatic heterocycles. The van der Waals surface area contributed by atoms with Crippen molar-refractivity contribution in [2.24, 2.45) is 5.92 Å². The third-order valence-corrected chi connectivity index (χ3v) is 9.29. The normalized spacial score (nSPS) is 27.1. The second-order valence-electron chi connectivity index (χ2n) is 9.76. The zero-order valence-corrected chi connectivity index (χ0v) is 20.0. The third kappa shape index (κ3) is 4.86. The Kier molecular flexibility index (Phi) is 6.91. The minimum atomic E-state index is -3.57. The standard InChI is InChI=1S/C24H35N3O4S/c1-17-6-9-20(10-7-17)25-23(28)16-26-22-12-11-21(15-19(22)8-13-24(26)29)32(30,31)27-14-4-3-5-18(27)2/h11-12,15,17-18,20H,3-10,13-14,16H2,1-2H3,(H,25,28). The molecule has 0 bridgehead atoms. The molecule has 2 amide bonds. The van der Waals surface area contributed by atoms with Crippen LogP contribution in [0.3, 0.4) is 0 Å². The van der Waals surface area contributed by atoms with Gasteiger partial charge >= 0.3 is 0 Å². The molecular weight excluding hydrogens is 426 g/mol. The number of carbonyl (C=O) groups excluding carboxylic acids is 2. The fraction of sp³-hybridized carbons (Fsp3) is 0.667. The van der Waals surface area contributed by atoms with Crippen LogP contribution in [0, 0.1) is 5.92 Å². The largest absolute Gasteiger partial charge is 0.352 e. The SMILES string of the molecule is CC1CCC(NC(=O)CN2C(=O)CCc3cc(S(=O)(=O)N4CCCCC4C)ccc32)CC1. The zero-order valence-electron chi connectivity index (χ0n) is 19.2. The first-order chi connectivity index (χ1) is 15.3. The molecule has 32 heavy (non-hydrogen) atoms. The van der Waals surface area contributed by atoms with Gasteiger partial charge < -0.3 is 10.2 Å². The van der Waals surface area contributed by atoms with Gasteiger partial charge in [0.25, 0.3) is 0 Å². The van der Waals surface area contributed by atoms with E-state index < -0.39 is 10.0 Å². The summed E-state index contributed by atoms with van der Waals surface area (Å²) in [6.45, 7) is 4.72. The number of nitrogens with one attached hydrogen (secondary N) is 1. The van der Waals surface area contributed by atoms with Crippen LogP contribution in [-0.2, 0) is 26.0 Å². The van der Waals surface area contributed by atoms with Crippen molar-refractivity contribution in [3.8, 4) is 0 Å². The lowest BCUT2D eigenvalue weighted by Crippen LogP contribution is -2.46. The van der Waals surface area contributed by atoms with Crippen LogP contribution in [0.4, 0.5) is 5.69 Å². The number of hydrogen-bond donors (Lipinski definition) is 1. The average Bonchev–Trinajstić information content (AvgIpc) is 2.77. The highest BCUT2D eigenvalue weighted by atomic mass is 32.2. The molecule has 2 heterocycles. The zero-order chi connectivity index (χ0) is 22.9. The lowest BCUT2D eigenvalue weighted by Gasteiger charge is -2.33. The lowest BCUT2D eigenvalue weighted by atomic mass is 9.87. The number of aryl methyl sites for hydroxylation is 1. The van der Waals surface area contributed by atoms with Crippen LogP contribution in [0.25, 0.3) is 0 Å². The molecule has 1 saturated carbocycles. The van der Waals surface area contributed by atoms with E-state index in [1.165, 1.54) is 4.90 Å². The highest BCUT2D eigenvalue weighted by Crippen LogP contribution is 2.32. The van der Waals surface area contributed by atoms with E-state index in [0.717, 1.165) is 50.5 Å². The molecule has 1 aromatic rings. The number of rotatable bonds is 5. The van der Waals surface area contributed by atoms with Crippen molar-refractivity contribution in [1.29, 1.82) is 0 Å². The van der Waals surface area contributed by atoms with Gasteiger partial charge in [0.1, 0.15) is 6.54 Å². The summed E-state index contributed by atoms with van der Waals surface area (Å²) in [6.07, 6.45) is 7.77. The first kappa shape index (κ1) is 23.2. The molecular formula is C24H35N3O4S. The topological polar surface area (TPSA) is 86.8 Å². The number of sulfonamides is 1. The van der Waals surface area contributed by atoms with E-state index in [0.29, 0.717) is 24.6 Å². The average molecular weight is 462 g/mol. The second kappa shape index (κ2) is 9.51. The first-order valence-corrected chi connectivity index (χ1v) is 13.4. The summed E-state index contributed by atoms with van der Waals surface area (Å²) in [6, 6.07) is 5.16. The Morgan fingerprint density at radius 3 is 2.53 bits per heavy atom. The Morgan fingerprint density at radius 2 is 1.81 bits per heavy atom. The smallest absolute Gasteiger partial charge is 0.243 e. The van der Waals surface area contributed by atoms with E-state index in [1.54, 1.807) is 22.5 Å². The molecule has 1 atom stereocenters. The van der Waals surface area contributed by atoms with Gasteiger partial charge in [0.05, 0.1) is 4.90 Å². The number of fused-ring (bicyclic) bond motifs is 1. The Balaban J connectivity index is 1.49. The molecule has 1 aromatic carbocycles. The number of nitrogens with zero attached hydrogens (tertiary/aromatic N) is 2. The lowest BCUT2D eigenvalue weighted by molar-refractivity contribution is -0.124. The van der Waals surface area contributed by atoms with Gasteiger partial charge in [-0.05, 0) is 81.5 Å². The second-order valence-corrected chi connectivity index (χ2v) is 11.6. The van der Waals surface area contributed by atoms with E-state index in [4.69, 9.17) is 0 Å². The van der Waals surface area contributed by atoms with Crippen LogP contribution in [0.5, 0.6) is 0 Å². The molecule has 1 N–H and O–H groups in total. The first-order valence-electron chi connectivity index (χ1n) is 12.0. The van der Waals surface area contributed by atoms with E-state index in [2.05, 4.69) is 12.2 Å². The van der Waals surface area contributed by atoms with Gasteiger partial charge in [0.2, 0.25) is 21.8 Å². The molecule has 1 unspecified atom stereocenters. The fourth-order valence-corrected chi connectivity index (χ4v) is 7.01. The molecule has 3 aliphatic rings. The maximum atomic E-state index is 13.2. The summed E-state index contributed by atoms with van der Waals surface area (Å²) < 4.78 is 28.1. The van der Waals surface area contributed by atoms with Crippen molar-refractivity contribution in [2.75, 3.05) is 18.0 Å².